The summed E-state index contributed by atoms with van der Waals surface area (Å²) in [6.07, 6.45) is 0. The van der Waals surface area contributed by atoms with E-state index in [4.69, 9.17) is 9.31 Å². The summed E-state index contributed by atoms with van der Waals surface area (Å²) in [7, 11) is -0.480. The second-order valence-corrected chi connectivity index (χ2v) is 8.70. The van der Waals surface area contributed by atoms with Gasteiger partial charge in [-0.15, -0.1) is 0 Å². The Morgan fingerprint density at radius 1 is 0.545 bits per heavy atom. The molecule has 0 atom stereocenters. The summed E-state index contributed by atoms with van der Waals surface area (Å²) in [4.78, 5) is 0. The molecule has 0 N–H and O–H groups in total. The Kier molecular flexibility index (Phi) is 3.69. The SMILES string of the molecule is C=C1OB(c2ccc3cc(-c4ccc5ccc6cccc7ccc4c5c67)ccc3c2)OC1=C. The molecule has 0 spiro atoms. The summed E-state index contributed by atoms with van der Waals surface area (Å²) < 4.78 is 11.4. The average Bonchev–Trinajstić information content (AvgIpc) is 3.20. The molecule has 0 radical (unpaired) electrons. The first kappa shape index (κ1) is 18.3. The zero-order valence-corrected chi connectivity index (χ0v) is 18.0. The zero-order chi connectivity index (χ0) is 22.1. The Hall–Kier alpha value is -4.24. The van der Waals surface area contributed by atoms with Gasteiger partial charge >= 0.3 is 7.12 Å². The molecule has 1 heterocycles. The van der Waals surface area contributed by atoms with Crippen molar-refractivity contribution in [3.63, 3.8) is 0 Å². The van der Waals surface area contributed by atoms with Crippen molar-refractivity contribution in [2.45, 2.75) is 0 Å². The predicted molar refractivity (Wildman–Crippen MR) is 139 cm³/mol. The van der Waals surface area contributed by atoms with E-state index in [1.807, 2.05) is 6.07 Å². The van der Waals surface area contributed by atoms with Crippen molar-refractivity contribution in [2.75, 3.05) is 0 Å². The van der Waals surface area contributed by atoms with Crippen molar-refractivity contribution >= 4 is 55.7 Å². The fraction of sp³-hybridized carbons (Fsp3) is 0. The van der Waals surface area contributed by atoms with Crippen LogP contribution in [0.2, 0.25) is 0 Å². The maximum Gasteiger partial charge on any atom is 0.632 e. The summed E-state index contributed by atoms with van der Waals surface area (Å²) in [5.41, 5.74) is 3.42. The highest BCUT2D eigenvalue weighted by atomic mass is 16.6. The first-order valence-corrected chi connectivity index (χ1v) is 11.1. The van der Waals surface area contributed by atoms with Gasteiger partial charge < -0.3 is 9.31 Å². The summed E-state index contributed by atoms with van der Waals surface area (Å²) >= 11 is 0. The molecular weight excluding hydrogens is 403 g/mol. The van der Waals surface area contributed by atoms with E-state index >= 15 is 0 Å². The van der Waals surface area contributed by atoms with Crippen LogP contribution in [0, 0.1) is 0 Å². The second kappa shape index (κ2) is 6.63. The van der Waals surface area contributed by atoms with Crippen LogP contribution in [0.5, 0.6) is 0 Å². The molecular formula is C30H19BO2. The number of fused-ring (bicyclic) bond motifs is 1. The third kappa shape index (κ3) is 2.69. The molecule has 3 heteroatoms. The molecule has 1 aliphatic heterocycles. The van der Waals surface area contributed by atoms with Crippen LogP contribution in [-0.4, -0.2) is 7.12 Å². The minimum absolute atomic E-state index is 0.480. The molecule has 0 bridgehead atoms. The predicted octanol–water partition coefficient (Wildman–Crippen LogP) is 7.17. The van der Waals surface area contributed by atoms with E-state index in [0.29, 0.717) is 11.5 Å². The minimum atomic E-state index is -0.480. The number of hydrogen-bond donors (Lipinski definition) is 0. The van der Waals surface area contributed by atoms with Gasteiger partial charge in [-0.3, -0.25) is 0 Å². The lowest BCUT2D eigenvalue weighted by molar-refractivity contribution is 0.431. The average molecular weight is 422 g/mol. The third-order valence-corrected chi connectivity index (χ3v) is 6.79. The van der Waals surface area contributed by atoms with Crippen molar-refractivity contribution < 1.29 is 9.31 Å². The van der Waals surface area contributed by atoms with E-state index in [-0.39, 0.29) is 0 Å². The van der Waals surface area contributed by atoms with Gasteiger partial charge in [-0.05, 0) is 60.3 Å². The van der Waals surface area contributed by atoms with Gasteiger partial charge in [0.15, 0.2) is 0 Å². The van der Waals surface area contributed by atoms with E-state index in [1.165, 1.54) is 48.8 Å². The smallest absolute Gasteiger partial charge is 0.520 e. The Labute approximate surface area is 191 Å². The highest BCUT2D eigenvalue weighted by Gasteiger charge is 2.34. The molecule has 0 unspecified atom stereocenters. The lowest BCUT2D eigenvalue weighted by Gasteiger charge is -2.14. The van der Waals surface area contributed by atoms with Gasteiger partial charge in [0.2, 0.25) is 0 Å². The van der Waals surface area contributed by atoms with Crippen LogP contribution in [-0.2, 0) is 9.31 Å². The molecule has 0 aliphatic carbocycles. The molecule has 154 valence electrons. The van der Waals surface area contributed by atoms with Crippen LogP contribution >= 0.6 is 0 Å². The molecule has 33 heavy (non-hydrogen) atoms. The van der Waals surface area contributed by atoms with E-state index in [9.17, 15) is 0 Å². The van der Waals surface area contributed by atoms with Gasteiger partial charge in [0.05, 0.1) is 0 Å². The Morgan fingerprint density at radius 2 is 1.15 bits per heavy atom. The molecule has 0 saturated carbocycles. The van der Waals surface area contributed by atoms with Gasteiger partial charge in [0.1, 0.15) is 11.5 Å². The summed E-state index contributed by atoms with van der Waals surface area (Å²) in [6, 6.07) is 32.9. The van der Waals surface area contributed by atoms with Crippen molar-refractivity contribution in [1.29, 1.82) is 0 Å². The van der Waals surface area contributed by atoms with E-state index < -0.39 is 7.12 Å². The lowest BCUT2D eigenvalue weighted by Crippen LogP contribution is -2.31. The first-order chi connectivity index (χ1) is 16.2. The topological polar surface area (TPSA) is 18.5 Å². The molecule has 0 amide bonds. The number of rotatable bonds is 2. The van der Waals surface area contributed by atoms with E-state index in [2.05, 4.69) is 98.1 Å². The molecule has 6 aromatic carbocycles. The molecule has 7 rings (SSSR count). The molecule has 2 nitrogen and oxygen atoms in total. The van der Waals surface area contributed by atoms with Gasteiger partial charge in [-0.2, -0.15) is 0 Å². The van der Waals surface area contributed by atoms with Crippen LogP contribution in [0.3, 0.4) is 0 Å². The first-order valence-electron chi connectivity index (χ1n) is 11.1. The maximum absolute atomic E-state index is 5.69. The monoisotopic (exact) mass is 422 g/mol. The zero-order valence-electron chi connectivity index (χ0n) is 18.0. The Bertz CT molecular complexity index is 1730. The highest BCUT2D eigenvalue weighted by molar-refractivity contribution is 6.63. The fourth-order valence-electron chi connectivity index (χ4n) is 5.12. The highest BCUT2D eigenvalue weighted by Crippen LogP contribution is 2.39. The number of benzene rings is 6. The summed E-state index contributed by atoms with van der Waals surface area (Å²) in [5.74, 6) is 0.980. The normalized spacial score (nSPS) is 14.0. The molecule has 6 aromatic rings. The van der Waals surface area contributed by atoms with Gasteiger partial charge in [-0.1, -0.05) is 98.1 Å². The Balaban J connectivity index is 1.38. The second-order valence-electron chi connectivity index (χ2n) is 8.70. The molecule has 0 aromatic heterocycles. The van der Waals surface area contributed by atoms with Gasteiger partial charge in [0.25, 0.3) is 0 Å². The minimum Gasteiger partial charge on any atom is -0.520 e. The lowest BCUT2D eigenvalue weighted by atomic mass is 9.78. The largest absolute Gasteiger partial charge is 0.632 e. The van der Waals surface area contributed by atoms with Gasteiger partial charge in [-0.25, -0.2) is 0 Å². The Morgan fingerprint density at radius 3 is 1.94 bits per heavy atom. The van der Waals surface area contributed by atoms with E-state index in [0.717, 1.165) is 10.8 Å². The number of hydrogen-bond acceptors (Lipinski definition) is 2. The van der Waals surface area contributed by atoms with Gasteiger partial charge in [0, 0.05) is 5.46 Å². The van der Waals surface area contributed by atoms with Crippen molar-refractivity contribution in [2.24, 2.45) is 0 Å². The quantitative estimate of drug-likeness (QED) is 0.218. The maximum atomic E-state index is 5.69. The molecule has 1 fully saturated rings. The van der Waals surface area contributed by atoms with Crippen LogP contribution < -0.4 is 5.46 Å². The van der Waals surface area contributed by atoms with Crippen LogP contribution in [0.15, 0.2) is 116 Å². The molecule has 1 saturated heterocycles. The van der Waals surface area contributed by atoms with Crippen molar-refractivity contribution in [1.82, 2.24) is 0 Å². The van der Waals surface area contributed by atoms with Crippen molar-refractivity contribution in [3.8, 4) is 11.1 Å². The third-order valence-electron chi connectivity index (χ3n) is 6.79. The molecule has 1 aliphatic rings. The fourth-order valence-corrected chi connectivity index (χ4v) is 5.12. The van der Waals surface area contributed by atoms with Crippen LogP contribution in [0.4, 0.5) is 0 Å². The summed E-state index contributed by atoms with van der Waals surface area (Å²) in [5, 5.41) is 10.2. The standard InChI is InChI=1S/C30H19BO2/c1-18-19(2)33-31(32-18)26-13-10-23-16-25(9-8-24(23)17-26)27-14-11-22-7-6-20-4-3-5-21-12-15-28(27)30(22)29(20)21/h3-17H,1-2H2. The van der Waals surface area contributed by atoms with Crippen molar-refractivity contribution in [3.05, 3.63) is 116 Å². The van der Waals surface area contributed by atoms with Crippen LogP contribution in [0.1, 0.15) is 0 Å². The summed E-state index contributed by atoms with van der Waals surface area (Å²) in [6.45, 7) is 7.65. The van der Waals surface area contributed by atoms with E-state index in [1.54, 1.807) is 0 Å². The van der Waals surface area contributed by atoms with Crippen LogP contribution in [0.25, 0.3) is 54.2 Å².